The number of aliphatic hydroxyl groups excluding tert-OH is 1. The average molecular weight is 263 g/mol. The van der Waals surface area contributed by atoms with Gasteiger partial charge in [-0.2, -0.15) is 15.0 Å². The van der Waals surface area contributed by atoms with Crippen molar-refractivity contribution in [2.45, 2.75) is 12.8 Å². The molecule has 0 spiro atoms. The molecule has 2 heterocycles. The van der Waals surface area contributed by atoms with E-state index >= 15 is 0 Å². The molecular weight excluding hydrogens is 251 g/mol. The Morgan fingerprint density at radius 3 is 2.56 bits per heavy atom. The first-order chi connectivity index (χ1) is 7.69. The van der Waals surface area contributed by atoms with Crippen LogP contribution in [0.1, 0.15) is 12.8 Å². The largest absolute Gasteiger partial charge is 0.396 e. The maximum absolute atomic E-state index is 9.13. The van der Waals surface area contributed by atoms with Crippen LogP contribution in [0.3, 0.4) is 0 Å². The second-order valence-electron chi connectivity index (χ2n) is 3.81. The van der Waals surface area contributed by atoms with Crippen LogP contribution in [0.15, 0.2) is 0 Å². The second-order valence-corrected chi connectivity index (χ2v) is 4.49. The van der Waals surface area contributed by atoms with E-state index in [1.165, 1.54) is 0 Å². The quantitative estimate of drug-likeness (QED) is 0.873. The van der Waals surface area contributed by atoms with Gasteiger partial charge in [-0.1, -0.05) is 0 Å². The van der Waals surface area contributed by atoms with Crippen molar-refractivity contribution in [3.63, 3.8) is 0 Å². The molecule has 7 heteroatoms. The van der Waals surface area contributed by atoms with Gasteiger partial charge in [-0.25, -0.2) is 0 Å². The minimum Gasteiger partial charge on any atom is -0.396 e. The van der Waals surface area contributed by atoms with Crippen molar-refractivity contribution in [2.75, 3.05) is 24.6 Å². The molecule has 0 amide bonds. The second kappa shape index (κ2) is 5.12. The summed E-state index contributed by atoms with van der Waals surface area (Å²) in [5.41, 5.74) is 0. The number of aromatic nitrogens is 3. The molecule has 88 valence electrons. The van der Waals surface area contributed by atoms with Gasteiger partial charge in [-0.05, 0) is 42.0 Å². The number of hydrogen-bond donors (Lipinski definition) is 1. The van der Waals surface area contributed by atoms with Crippen LogP contribution >= 0.6 is 23.2 Å². The van der Waals surface area contributed by atoms with Gasteiger partial charge in [-0.15, -0.1) is 0 Å². The molecule has 0 aromatic carbocycles. The molecule has 1 unspecified atom stereocenters. The third-order valence-corrected chi connectivity index (χ3v) is 2.97. The molecule has 16 heavy (non-hydrogen) atoms. The van der Waals surface area contributed by atoms with E-state index in [0.29, 0.717) is 5.95 Å². The van der Waals surface area contributed by atoms with Crippen LogP contribution < -0.4 is 4.90 Å². The summed E-state index contributed by atoms with van der Waals surface area (Å²) in [6, 6.07) is 0. The minimum absolute atomic E-state index is 0.0983. The van der Waals surface area contributed by atoms with Crippen molar-refractivity contribution in [1.82, 2.24) is 15.0 Å². The SMILES string of the molecule is OCC1CCCN(c2nc(Cl)nc(Cl)n2)C1. The van der Waals surface area contributed by atoms with E-state index in [2.05, 4.69) is 15.0 Å². The first-order valence-corrected chi connectivity index (χ1v) is 5.87. The highest BCUT2D eigenvalue weighted by Crippen LogP contribution is 2.21. The lowest BCUT2D eigenvalue weighted by Gasteiger charge is -2.31. The molecule has 1 atom stereocenters. The molecule has 1 N–H and O–H groups in total. The highest BCUT2D eigenvalue weighted by Gasteiger charge is 2.21. The van der Waals surface area contributed by atoms with E-state index in [1.807, 2.05) is 4.90 Å². The van der Waals surface area contributed by atoms with Crippen molar-refractivity contribution in [3.8, 4) is 0 Å². The number of rotatable bonds is 2. The summed E-state index contributed by atoms with van der Waals surface area (Å²) in [7, 11) is 0. The summed E-state index contributed by atoms with van der Waals surface area (Å²) >= 11 is 11.4. The summed E-state index contributed by atoms with van der Waals surface area (Å²) in [6.45, 7) is 1.77. The lowest BCUT2D eigenvalue weighted by molar-refractivity contribution is 0.208. The number of hydrogen-bond acceptors (Lipinski definition) is 5. The van der Waals surface area contributed by atoms with E-state index in [0.717, 1.165) is 25.9 Å². The molecular formula is C9H12Cl2N4O. The third-order valence-electron chi connectivity index (χ3n) is 2.63. The van der Waals surface area contributed by atoms with Crippen molar-refractivity contribution >= 4 is 29.2 Å². The van der Waals surface area contributed by atoms with Gasteiger partial charge in [-0.3, -0.25) is 0 Å². The van der Waals surface area contributed by atoms with E-state index in [4.69, 9.17) is 28.3 Å². The van der Waals surface area contributed by atoms with Crippen LogP contribution in [0.25, 0.3) is 0 Å². The number of aliphatic hydroxyl groups is 1. The van der Waals surface area contributed by atoms with Gasteiger partial charge in [0.1, 0.15) is 0 Å². The zero-order chi connectivity index (χ0) is 11.5. The van der Waals surface area contributed by atoms with Crippen molar-refractivity contribution in [1.29, 1.82) is 0 Å². The van der Waals surface area contributed by atoms with Crippen LogP contribution in [-0.2, 0) is 0 Å². The van der Waals surface area contributed by atoms with Gasteiger partial charge in [0.25, 0.3) is 0 Å². The fourth-order valence-corrected chi connectivity index (χ4v) is 2.21. The Balaban J connectivity index is 2.16. The molecule has 0 aliphatic carbocycles. The van der Waals surface area contributed by atoms with Crippen LogP contribution in [0.5, 0.6) is 0 Å². The van der Waals surface area contributed by atoms with Gasteiger partial charge < -0.3 is 10.0 Å². The van der Waals surface area contributed by atoms with Crippen molar-refractivity contribution in [3.05, 3.63) is 10.6 Å². The Hall–Kier alpha value is -0.650. The fourth-order valence-electron chi connectivity index (χ4n) is 1.85. The molecule has 1 fully saturated rings. The molecule has 1 aromatic rings. The van der Waals surface area contributed by atoms with Crippen LogP contribution in [0.4, 0.5) is 5.95 Å². The minimum atomic E-state index is 0.0983. The van der Waals surface area contributed by atoms with Crippen LogP contribution in [0.2, 0.25) is 10.6 Å². The predicted octanol–water partition coefficient (Wildman–Crippen LogP) is 1.39. The zero-order valence-corrected chi connectivity index (χ0v) is 10.1. The fraction of sp³-hybridized carbons (Fsp3) is 0.667. The van der Waals surface area contributed by atoms with Gasteiger partial charge in [0.15, 0.2) is 0 Å². The third kappa shape index (κ3) is 2.72. The molecule has 5 nitrogen and oxygen atoms in total. The Kier molecular flexibility index (Phi) is 3.78. The van der Waals surface area contributed by atoms with Crippen LogP contribution in [0, 0.1) is 5.92 Å². The smallest absolute Gasteiger partial charge is 0.230 e. The highest BCUT2D eigenvalue weighted by molar-refractivity contribution is 6.31. The molecule has 2 rings (SSSR count). The Bertz CT molecular complexity index is 356. The first-order valence-electron chi connectivity index (χ1n) is 5.12. The monoisotopic (exact) mass is 262 g/mol. The maximum atomic E-state index is 9.13. The van der Waals surface area contributed by atoms with Crippen molar-refractivity contribution < 1.29 is 5.11 Å². The summed E-state index contributed by atoms with van der Waals surface area (Å²) in [4.78, 5) is 13.7. The Morgan fingerprint density at radius 1 is 1.25 bits per heavy atom. The molecule has 1 aromatic heterocycles. The Labute approximate surface area is 103 Å². The molecule has 0 bridgehead atoms. The van der Waals surface area contributed by atoms with Gasteiger partial charge >= 0.3 is 0 Å². The summed E-state index contributed by atoms with van der Waals surface area (Å²) < 4.78 is 0. The zero-order valence-electron chi connectivity index (χ0n) is 8.60. The molecule has 0 saturated carbocycles. The van der Waals surface area contributed by atoms with Gasteiger partial charge in [0.05, 0.1) is 0 Å². The number of piperidine rings is 1. The van der Waals surface area contributed by atoms with Gasteiger partial charge in [0, 0.05) is 19.7 Å². The topological polar surface area (TPSA) is 62.1 Å². The molecule has 0 radical (unpaired) electrons. The molecule has 1 aliphatic heterocycles. The molecule has 1 saturated heterocycles. The predicted molar refractivity (Wildman–Crippen MR) is 61.9 cm³/mol. The summed E-state index contributed by atoms with van der Waals surface area (Å²) in [5.74, 6) is 0.756. The summed E-state index contributed by atoms with van der Waals surface area (Å²) in [5, 5.41) is 9.33. The standard InChI is InChI=1S/C9H12Cl2N4O/c10-7-12-8(11)14-9(13-7)15-3-1-2-6(4-15)5-16/h6,16H,1-5H2. The highest BCUT2D eigenvalue weighted by atomic mass is 35.5. The van der Waals surface area contributed by atoms with Crippen LogP contribution in [-0.4, -0.2) is 39.8 Å². The number of anilines is 1. The van der Waals surface area contributed by atoms with E-state index in [-0.39, 0.29) is 23.1 Å². The molecule has 1 aliphatic rings. The van der Waals surface area contributed by atoms with E-state index in [9.17, 15) is 0 Å². The number of halogens is 2. The lowest BCUT2D eigenvalue weighted by Crippen LogP contribution is -2.37. The average Bonchev–Trinajstić information content (AvgIpc) is 2.28. The first kappa shape index (κ1) is 11.8. The van der Waals surface area contributed by atoms with Crippen molar-refractivity contribution in [2.24, 2.45) is 5.92 Å². The maximum Gasteiger partial charge on any atom is 0.230 e. The number of nitrogens with zero attached hydrogens (tertiary/aromatic N) is 4. The Morgan fingerprint density at radius 2 is 1.94 bits per heavy atom. The van der Waals surface area contributed by atoms with E-state index in [1.54, 1.807) is 0 Å². The van der Waals surface area contributed by atoms with E-state index < -0.39 is 0 Å². The summed E-state index contributed by atoms with van der Waals surface area (Å²) in [6.07, 6.45) is 2.03. The lowest BCUT2D eigenvalue weighted by atomic mass is 9.99. The van der Waals surface area contributed by atoms with Gasteiger partial charge in [0.2, 0.25) is 16.5 Å². The normalized spacial score (nSPS) is 21.2.